The molecule has 2 heteroatoms. The van der Waals surface area contributed by atoms with E-state index >= 15 is 0 Å². The standard InChI is InChI=1S/C9H20N2/c1-3-7-11(8-4-2)9-5-6-10/h3H,1,4-10H2,2H3. The van der Waals surface area contributed by atoms with E-state index in [0.717, 1.165) is 32.6 Å². The maximum atomic E-state index is 5.42. The van der Waals surface area contributed by atoms with Crippen LogP contribution in [0.25, 0.3) is 0 Å². The molecular weight excluding hydrogens is 136 g/mol. The molecule has 2 N–H and O–H groups in total. The fourth-order valence-electron chi connectivity index (χ4n) is 1.11. The highest BCUT2D eigenvalue weighted by Gasteiger charge is 1.98. The Hall–Kier alpha value is -0.340. The molecule has 0 aliphatic carbocycles. The molecule has 0 radical (unpaired) electrons. The molecule has 0 aromatic carbocycles. The number of hydrogen-bond acceptors (Lipinski definition) is 2. The third-order valence-electron chi connectivity index (χ3n) is 1.61. The summed E-state index contributed by atoms with van der Waals surface area (Å²) in [5.41, 5.74) is 5.42. The largest absolute Gasteiger partial charge is 0.330 e. The Morgan fingerprint density at radius 1 is 1.45 bits per heavy atom. The van der Waals surface area contributed by atoms with Crippen molar-refractivity contribution in [1.82, 2.24) is 4.90 Å². The number of nitrogens with zero attached hydrogens (tertiary/aromatic N) is 1. The Bertz CT molecular complexity index is 91.6. The SMILES string of the molecule is C=CCN(CCC)CCCN. The van der Waals surface area contributed by atoms with Crippen LogP contribution in [0.2, 0.25) is 0 Å². The van der Waals surface area contributed by atoms with Gasteiger partial charge in [0.25, 0.3) is 0 Å². The van der Waals surface area contributed by atoms with Gasteiger partial charge in [-0.3, -0.25) is 4.90 Å². The average Bonchev–Trinajstić information content (AvgIpc) is 2.01. The van der Waals surface area contributed by atoms with E-state index in [1.807, 2.05) is 6.08 Å². The average molecular weight is 156 g/mol. The fraction of sp³-hybridized carbons (Fsp3) is 0.778. The van der Waals surface area contributed by atoms with Crippen LogP contribution in [-0.4, -0.2) is 31.1 Å². The molecule has 0 saturated heterocycles. The summed E-state index contributed by atoms with van der Waals surface area (Å²) in [4.78, 5) is 2.37. The second-order valence-corrected chi connectivity index (χ2v) is 2.73. The van der Waals surface area contributed by atoms with E-state index in [0.29, 0.717) is 0 Å². The Morgan fingerprint density at radius 3 is 2.64 bits per heavy atom. The molecule has 0 aromatic rings. The van der Waals surface area contributed by atoms with E-state index in [9.17, 15) is 0 Å². The summed E-state index contributed by atoms with van der Waals surface area (Å²) in [7, 11) is 0. The predicted octanol–water partition coefficient (Wildman–Crippen LogP) is 1.23. The van der Waals surface area contributed by atoms with Gasteiger partial charge in [-0.1, -0.05) is 13.0 Å². The van der Waals surface area contributed by atoms with Crippen LogP contribution in [0.3, 0.4) is 0 Å². The Morgan fingerprint density at radius 2 is 2.18 bits per heavy atom. The van der Waals surface area contributed by atoms with Crippen molar-refractivity contribution in [3.05, 3.63) is 12.7 Å². The van der Waals surface area contributed by atoms with Crippen molar-refractivity contribution in [3.8, 4) is 0 Å². The first kappa shape index (κ1) is 10.7. The summed E-state index contributed by atoms with van der Waals surface area (Å²) >= 11 is 0. The molecule has 2 nitrogen and oxygen atoms in total. The van der Waals surface area contributed by atoms with Gasteiger partial charge in [0.15, 0.2) is 0 Å². The first-order valence-electron chi connectivity index (χ1n) is 4.38. The van der Waals surface area contributed by atoms with Crippen LogP contribution in [0.4, 0.5) is 0 Å². The van der Waals surface area contributed by atoms with Crippen LogP contribution in [0.1, 0.15) is 19.8 Å². The molecule has 11 heavy (non-hydrogen) atoms. The van der Waals surface area contributed by atoms with E-state index < -0.39 is 0 Å². The minimum Gasteiger partial charge on any atom is -0.330 e. The normalized spacial score (nSPS) is 10.5. The molecule has 0 unspecified atom stereocenters. The summed E-state index contributed by atoms with van der Waals surface area (Å²) in [5.74, 6) is 0. The third kappa shape index (κ3) is 6.07. The van der Waals surface area contributed by atoms with E-state index in [2.05, 4.69) is 18.4 Å². The van der Waals surface area contributed by atoms with Gasteiger partial charge in [0.1, 0.15) is 0 Å². The van der Waals surface area contributed by atoms with Crippen LogP contribution in [0.15, 0.2) is 12.7 Å². The Balaban J connectivity index is 3.41. The van der Waals surface area contributed by atoms with E-state index in [1.165, 1.54) is 6.42 Å². The summed E-state index contributed by atoms with van der Waals surface area (Å²) in [6.45, 7) is 9.96. The molecule has 0 aromatic heterocycles. The zero-order chi connectivity index (χ0) is 8.53. The lowest BCUT2D eigenvalue weighted by atomic mass is 10.3. The highest BCUT2D eigenvalue weighted by atomic mass is 15.1. The van der Waals surface area contributed by atoms with Crippen molar-refractivity contribution in [2.45, 2.75) is 19.8 Å². The summed E-state index contributed by atoms with van der Waals surface area (Å²) in [6, 6.07) is 0. The van der Waals surface area contributed by atoms with Gasteiger partial charge >= 0.3 is 0 Å². The maximum absolute atomic E-state index is 5.42. The quantitative estimate of drug-likeness (QED) is 0.562. The van der Waals surface area contributed by atoms with Crippen LogP contribution in [0, 0.1) is 0 Å². The summed E-state index contributed by atoms with van der Waals surface area (Å²) in [6.07, 6.45) is 4.25. The molecule has 0 spiro atoms. The van der Waals surface area contributed by atoms with Gasteiger partial charge in [-0.15, -0.1) is 6.58 Å². The second-order valence-electron chi connectivity index (χ2n) is 2.73. The molecule has 0 heterocycles. The molecule has 0 saturated carbocycles. The lowest BCUT2D eigenvalue weighted by Gasteiger charge is -2.18. The first-order chi connectivity index (χ1) is 5.35. The predicted molar refractivity (Wildman–Crippen MR) is 50.6 cm³/mol. The molecule has 0 rings (SSSR count). The van der Waals surface area contributed by atoms with Gasteiger partial charge in [0.2, 0.25) is 0 Å². The molecule has 0 amide bonds. The number of nitrogens with two attached hydrogens (primary N) is 1. The highest BCUT2D eigenvalue weighted by molar-refractivity contribution is 4.72. The van der Waals surface area contributed by atoms with Crippen molar-refractivity contribution in [1.29, 1.82) is 0 Å². The summed E-state index contributed by atoms with van der Waals surface area (Å²) in [5, 5.41) is 0. The van der Waals surface area contributed by atoms with Crippen LogP contribution < -0.4 is 5.73 Å². The highest BCUT2D eigenvalue weighted by Crippen LogP contribution is 1.92. The van der Waals surface area contributed by atoms with Gasteiger partial charge in [0, 0.05) is 6.54 Å². The second kappa shape index (κ2) is 7.76. The first-order valence-corrected chi connectivity index (χ1v) is 4.38. The fourth-order valence-corrected chi connectivity index (χ4v) is 1.11. The van der Waals surface area contributed by atoms with E-state index in [-0.39, 0.29) is 0 Å². The third-order valence-corrected chi connectivity index (χ3v) is 1.61. The minimum absolute atomic E-state index is 0.789. The van der Waals surface area contributed by atoms with Crippen LogP contribution in [-0.2, 0) is 0 Å². The van der Waals surface area contributed by atoms with Gasteiger partial charge in [0.05, 0.1) is 0 Å². The van der Waals surface area contributed by atoms with Crippen molar-refractivity contribution in [2.75, 3.05) is 26.2 Å². The molecule has 0 bridgehead atoms. The van der Waals surface area contributed by atoms with Gasteiger partial charge in [-0.05, 0) is 32.5 Å². The topological polar surface area (TPSA) is 29.3 Å². The molecule has 66 valence electrons. The molecule has 0 atom stereocenters. The maximum Gasteiger partial charge on any atom is 0.0160 e. The van der Waals surface area contributed by atoms with Gasteiger partial charge in [-0.25, -0.2) is 0 Å². The van der Waals surface area contributed by atoms with Crippen molar-refractivity contribution in [2.24, 2.45) is 5.73 Å². The van der Waals surface area contributed by atoms with E-state index in [4.69, 9.17) is 5.73 Å². The number of rotatable bonds is 7. The lowest BCUT2D eigenvalue weighted by Crippen LogP contribution is -2.27. The zero-order valence-corrected chi connectivity index (χ0v) is 7.55. The van der Waals surface area contributed by atoms with Gasteiger partial charge < -0.3 is 5.73 Å². The van der Waals surface area contributed by atoms with Crippen molar-refractivity contribution >= 4 is 0 Å². The molecule has 0 aliphatic heterocycles. The number of hydrogen-bond donors (Lipinski definition) is 1. The minimum atomic E-state index is 0.789. The zero-order valence-electron chi connectivity index (χ0n) is 7.55. The monoisotopic (exact) mass is 156 g/mol. The van der Waals surface area contributed by atoms with Crippen molar-refractivity contribution < 1.29 is 0 Å². The Labute approximate surface area is 70.1 Å². The van der Waals surface area contributed by atoms with E-state index in [1.54, 1.807) is 0 Å². The van der Waals surface area contributed by atoms with Crippen molar-refractivity contribution in [3.63, 3.8) is 0 Å². The van der Waals surface area contributed by atoms with Gasteiger partial charge in [-0.2, -0.15) is 0 Å². The Kier molecular flexibility index (Phi) is 7.52. The summed E-state index contributed by atoms with van der Waals surface area (Å²) < 4.78 is 0. The van der Waals surface area contributed by atoms with Crippen LogP contribution >= 0.6 is 0 Å². The molecule has 0 aliphatic rings. The molecular formula is C9H20N2. The lowest BCUT2D eigenvalue weighted by molar-refractivity contribution is 0.301. The molecule has 0 fully saturated rings. The van der Waals surface area contributed by atoms with Crippen LogP contribution in [0.5, 0.6) is 0 Å². The smallest absolute Gasteiger partial charge is 0.0160 e.